The Morgan fingerprint density at radius 3 is 2.36 bits per heavy atom. The molecular weight excluding hydrogens is 308 g/mol. The minimum atomic E-state index is 0.902. The van der Waals surface area contributed by atoms with Gasteiger partial charge in [-0.25, -0.2) is 0 Å². The van der Waals surface area contributed by atoms with Crippen LogP contribution in [-0.2, 0) is 6.42 Å². The molecule has 0 fully saturated rings. The van der Waals surface area contributed by atoms with Gasteiger partial charge >= 0.3 is 0 Å². The summed E-state index contributed by atoms with van der Waals surface area (Å²) in [6.07, 6.45) is 6.65. The van der Waals surface area contributed by atoms with E-state index < -0.39 is 0 Å². The van der Waals surface area contributed by atoms with Crippen LogP contribution in [0.3, 0.4) is 0 Å². The van der Waals surface area contributed by atoms with Gasteiger partial charge in [0.1, 0.15) is 0 Å². The summed E-state index contributed by atoms with van der Waals surface area (Å²) < 4.78 is 0. The van der Waals surface area contributed by atoms with Crippen LogP contribution in [0.5, 0.6) is 0 Å². The van der Waals surface area contributed by atoms with Crippen molar-refractivity contribution < 1.29 is 0 Å². The van der Waals surface area contributed by atoms with E-state index in [9.17, 15) is 0 Å². The molecule has 0 aliphatic carbocycles. The van der Waals surface area contributed by atoms with Gasteiger partial charge in [-0.3, -0.25) is 4.98 Å². The lowest BCUT2D eigenvalue weighted by Crippen LogP contribution is -2.04. The predicted octanol–water partition coefficient (Wildman–Crippen LogP) is 4.96. The number of hydrogen-bond donors (Lipinski definition) is 3. The lowest BCUT2D eigenvalue weighted by Gasteiger charge is -2.09. The van der Waals surface area contributed by atoms with Crippen molar-refractivity contribution in [2.75, 3.05) is 17.2 Å². The fourth-order valence-corrected chi connectivity index (χ4v) is 2.95. The molecule has 0 spiro atoms. The molecular formula is C21H20N4. The third-order valence-corrected chi connectivity index (χ3v) is 4.25. The maximum absolute atomic E-state index is 4.02. The highest BCUT2D eigenvalue weighted by molar-refractivity contribution is 5.83. The summed E-state index contributed by atoms with van der Waals surface area (Å²) in [6, 6.07) is 20.7. The molecule has 0 saturated carbocycles. The van der Waals surface area contributed by atoms with Gasteiger partial charge in [0.05, 0.1) is 0 Å². The average Bonchev–Trinajstić information content (AvgIpc) is 3.07. The van der Waals surface area contributed by atoms with Gasteiger partial charge in [-0.05, 0) is 54.4 Å². The van der Waals surface area contributed by atoms with E-state index in [0.717, 1.165) is 30.0 Å². The van der Waals surface area contributed by atoms with Crippen molar-refractivity contribution in [1.29, 1.82) is 0 Å². The Balaban J connectivity index is 1.34. The largest absolute Gasteiger partial charge is 0.385 e. The summed E-state index contributed by atoms with van der Waals surface area (Å²) >= 11 is 0. The van der Waals surface area contributed by atoms with Gasteiger partial charge in [-0.1, -0.05) is 18.2 Å². The highest BCUT2D eigenvalue weighted by atomic mass is 14.9. The molecule has 0 unspecified atom stereocenters. The first-order valence-electron chi connectivity index (χ1n) is 8.44. The number of nitrogens with zero attached hydrogens (tertiary/aromatic N) is 1. The van der Waals surface area contributed by atoms with E-state index in [4.69, 9.17) is 0 Å². The zero-order valence-corrected chi connectivity index (χ0v) is 13.9. The van der Waals surface area contributed by atoms with Gasteiger partial charge in [-0.15, -0.1) is 0 Å². The van der Waals surface area contributed by atoms with Crippen molar-refractivity contribution in [3.63, 3.8) is 0 Å². The number of anilines is 3. The van der Waals surface area contributed by atoms with E-state index in [1.54, 1.807) is 12.4 Å². The fraction of sp³-hybridized carbons (Fsp3) is 0.0952. The van der Waals surface area contributed by atoms with Gasteiger partial charge in [0.15, 0.2) is 0 Å². The molecule has 124 valence electrons. The molecule has 2 heterocycles. The lowest BCUT2D eigenvalue weighted by molar-refractivity contribution is 1.03. The summed E-state index contributed by atoms with van der Waals surface area (Å²) in [7, 11) is 0. The van der Waals surface area contributed by atoms with E-state index >= 15 is 0 Å². The van der Waals surface area contributed by atoms with Gasteiger partial charge in [-0.2, -0.15) is 0 Å². The van der Waals surface area contributed by atoms with Crippen molar-refractivity contribution >= 4 is 28.0 Å². The van der Waals surface area contributed by atoms with Crippen LogP contribution in [0.2, 0.25) is 0 Å². The number of aromatic amines is 1. The molecule has 4 aromatic rings. The van der Waals surface area contributed by atoms with Crippen LogP contribution in [0.1, 0.15) is 5.56 Å². The van der Waals surface area contributed by atoms with Gasteiger partial charge in [0.25, 0.3) is 0 Å². The molecule has 4 nitrogen and oxygen atoms in total. The second-order valence-electron chi connectivity index (χ2n) is 5.97. The predicted molar refractivity (Wildman–Crippen MR) is 104 cm³/mol. The molecule has 4 rings (SSSR count). The van der Waals surface area contributed by atoms with Crippen molar-refractivity contribution in [2.24, 2.45) is 0 Å². The van der Waals surface area contributed by atoms with E-state index in [1.165, 1.54) is 16.5 Å². The molecule has 0 radical (unpaired) electrons. The first-order valence-corrected chi connectivity index (χ1v) is 8.44. The lowest BCUT2D eigenvalue weighted by atomic mass is 10.1. The van der Waals surface area contributed by atoms with E-state index in [0.29, 0.717) is 0 Å². The standard InChI is InChI=1S/C21H20N4/c1-2-4-21-20(3-1)16(15-24-21)9-14-23-17-5-7-18(8-6-17)25-19-10-12-22-13-11-19/h1-8,10-13,15,23-24H,9,14H2,(H,22,25). The highest BCUT2D eigenvalue weighted by Crippen LogP contribution is 2.20. The van der Waals surface area contributed by atoms with Gasteiger partial charge in [0.2, 0.25) is 0 Å². The number of fused-ring (bicyclic) bond motifs is 1. The Hall–Kier alpha value is -3.27. The van der Waals surface area contributed by atoms with Gasteiger partial charge in [0, 0.05) is 53.1 Å². The molecule has 0 amide bonds. The Morgan fingerprint density at radius 1 is 0.800 bits per heavy atom. The molecule has 2 aromatic heterocycles. The molecule has 3 N–H and O–H groups in total. The molecule has 0 saturated heterocycles. The molecule has 0 atom stereocenters. The Labute approximate surface area is 146 Å². The number of para-hydroxylation sites is 1. The third kappa shape index (κ3) is 3.63. The maximum atomic E-state index is 4.02. The van der Waals surface area contributed by atoms with Crippen LogP contribution < -0.4 is 10.6 Å². The fourth-order valence-electron chi connectivity index (χ4n) is 2.95. The van der Waals surface area contributed by atoms with Crippen LogP contribution >= 0.6 is 0 Å². The van der Waals surface area contributed by atoms with E-state index in [1.807, 2.05) is 12.1 Å². The SMILES string of the molecule is c1ccc2c(CCNc3ccc(Nc4ccncc4)cc3)c[nH]c2c1. The number of rotatable bonds is 6. The smallest absolute Gasteiger partial charge is 0.0456 e. The average molecular weight is 328 g/mol. The summed E-state index contributed by atoms with van der Waals surface area (Å²) in [4.78, 5) is 7.35. The minimum Gasteiger partial charge on any atom is -0.385 e. The Bertz CT molecular complexity index is 942. The highest BCUT2D eigenvalue weighted by Gasteiger charge is 2.02. The number of hydrogen-bond acceptors (Lipinski definition) is 3. The molecule has 0 aliphatic rings. The number of aromatic nitrogens is 2. The van der Waals surface area contributed by atoms with E-state index in [-0.39, 0.29) is 0 Å². The van der Waals surface area contributed by atoms with Crippen LogP contribution in [0.25, 0.3) is 10.9 Å². The summed E-state index contributed by atoms with van der Waals surface area (Å²) in [5.74, 6) is 0. The Kier molecular flexibility index (Phi) is 4.33. The van der Waals surface area contributed by atoms with Crippen LogP contribution in [0.4, 0.5) is 17.1 Å². The van der Waals surface area contributed by atoms with Crippen molar-refractivity contribution in [3.05, 3.63) is 84.8 Å². The Morgan fingerprint density at radius 2 is 1.52 bits per heavy atom. The maximum Gasteiger partial charge on any atom is 0.0456 e. The van der Waals surface area contributed by atoms with Crippen LogP contribution in [-0.4, -0.2) is 16.5 Å². The first-order chi connectivity index (χ1) is 12.4. The molecule has 0 aliphatic heterocycles. The summed E-state index contributed by atoms with van der Waals surface area (Å²) in [5.41, 5.74) is 5.77. The number of H-pyrrole nitrogens is 1. The molecule has 25 heavy (non-hydrogen) atoms. The summed E-state index contributed by atoms with van der Waals surface area (Å²) in [6.45, 7) is 0.902. The molecule has 0 bridgehead atoms. The normalized spacial score (nSPS) is 10.7. The number of pyridine rings is 1. The number of nitrogens with one attached hydrogen (secondary N) is 3. The van der Waals surface area contributed by atoms with Crippen molar-refractivity contribution in [2.45, 2.75) is 6.42 Å². The second kappa shape index (κ2) is 7.09. The van der Waals surface area contributed by atoms with Crippen molar-refractivity contribution in [3.8, 4) is 0 Å². The second-order valence-corrected chi connectivity index (χ2v) is 5.97. The van der Waals surface area contributed by atoms with Gasteiger partial charge < -0.3 is 15.6 Å². The summed E-state index contributed by atoms with van der Waals surface area (Å²) in [5, 5.41) is 8.15. The first kappa shape index (κ1) is 15.3. The quantitative estimate of drug-likeness (QED) is 0.469. The number of benzene rings is 2. The van der Waals surface area contributed by atoms with Crippen LogP contribution in [0, 0.1) is 0 Å². The monoisotopic (exact) mass is 328 g/mol. The van der Waals surface area contributed by atoms with E-state index in [2.05, 4.69) is 75.3 Å². The zero-order valence-electron chi connectivity index (χ0n) is 13.9. The molecule has 4 heteroatoms. The third-order valence-electron chi connectivity index (χ3n) is 4.25. The molecule has 2 aromatic carbocycles. The topological polar surface area (TPSA) is 52.7 Å². The van der Waals surface area contributed by atoms with Crippen molar-refractivity contribution in [1.82, 2.24) is 9.97 Å². The minimum absolute atomic E-state index is 0.902. The van der Waals surface area contributed by atoms with Crippen LogP contribution in [0.15, 0.2) is 79.3 Å². The zero-order chi connectivity index (χ0) is 16.9.